The Morgan fingerprint density at radius 2 is 1.72 bits per heavy atom. The number of pyridine rings is 1. The summed E-state index contributed by atoms with van der Waals surface area (Å²) in [4.78, 5) is 67.3. The molecule has 4 aliphatic rings. The van der Waals surface area contributed by atoms with Gasteiger partial charge in [0.2, 0.25) is 11.8 Å². The molecule has 1 unspecified atom stereocenters. The van der Waals surface area contributed by atoms with E-state index in [2.05, 4.69) is 36.2 Å². The fourth-order valence-corrected chi connectivity index (χ4v) is 8.69. The number of carbonyl (C=O) groups excluding carboxylic acids is 3. The van der Waals surface area contributed by atoms with Gasteiger partial charge in [0.05, 0.1) is 21.5 Å². The highest BCUT2D eigenvalue weighted by Gasteiger charge is 2.39. The molecule has 5 aromatic rings. The lowest BCUT2D eigenvalue weighted by molar-refractivity contribution is -0.136. The SMILES string of the molecule is Nc1nn2c(=O)c3c(Cl)cccc3[nH]c2c1-c1ccc(N2CCN(CC3CCN(c4ccc5c(c4)CN(C4CCC(=O)NC4=O)C5=O)CC3)CC2)nc1. The van der Waals surface area contributed by atoms with Crippen molar-refractivity contribution < 1.29 is 14.4 Å². The molecule has 7 heterocycles. The van der Waals surface area contributed by atoms with Gasteiger partial charge < -0.3 is 25.4 Å². The second-order valence-electron chi connectivity index (χ2n) is 14.5. The van der Waals surface area contributed by atoms with Crippen molar-refractivity contribution >= 4 is 63.2 Å². The minimum atomic E-state index is -0.601. The van der Waals surface area contributed by atoms with Gasteiger partial charge in [-0.1, -0.05) is 17.7 Å². The molecule has 4 aliphatic heterocycles. The molecule has 15 heteroatoms. The first-order chi connectivity index (χ1) is 25.7. The van der Waals surface area contributed by atoms with Crippen molar-refractivity contribution in [3.63, 3.8) is 0 Å². The number of rotatable bonds is 6. The summed E-state index contributed by atoms with van der Waals surface area (Å²) in [6.45, 7) is 7.07. The molecule has 4 N–H and O–H groups in total. The standard InChI is InChI=1S/C38H39ClN10O4/c39-27-2-1-3-28-33(27)38(53)49-35(42-28)32(34(40)44-49)23-4-8-30(41-19-23)47-16-14-45(15-17-47)20-22-10-12-46(13-11-22)25-5-6-26-24(18-25)21-48(37(26)52)29-7-9-31(50)43-36(29)51/h1-6,8,18-19,22,29,42H,7,9-17,20-21H2,(H2,40,44)(H,43,50,51). The molecule has 14 nitrogen and oxygen atoms in total. The average molecular weight is 735 g/mol. The lowest BCUT2D eigenvalue weighted by Crippen LogP contribution is -2.52. The Kier molecular flexibility index (Phi) is 8.30. The molecule has 3 aromatic heterocycles. The molecule has 0 bridgehead atoms. The number of piperazine rings is 1. The van der Waals surface area contributed by atoms with Crippen molar-refractivity contribution in [2.45, 2.75) is 38.3 Å². The Labute approximate surface area is 309 Å². The third-order valence-electron chi connectivity index (χ3n) is 11.3. The van der Waals surface area contributed by atoms with Crippen molar-refractivity contribution in [3.8, 4) is 11.1 Å². The predicted molar refractivity (Wildman–Crippen MR) is 202 cm³/mol. The van der Waals surface area contributed by atoms with Crippen LogP contribution in [-0.2, 0) is 16.1 Å². The molecule has 3 amide bonds. The van der Waals surface area contributed by atoms with Gasteiger partial charge in [0.1, 0.15) is 17.5 Å². The Balaban J connectivity index is 0.785. The van der Waals surface area contributed by atoms with E-state index in [0.717, 1.165) is 81.3 Å². The number of fused-ring (bicyclic) bond motifs is 3. The number of nitrogen functional groups attached to an aromatic ring is 1. The van der Waals surface area contributed by atoms with Crippen molar-refractivity contribution in [3.05, 3.63) is 81.2 Å². The van der Waals surface area contributed by atoms with Crippen LogP contribution in [0, 0.1) is 5.92 Å². The summed E-state index contributed by atoms with van der Waals surface area (Å²) in [6, 6.07) is 14.7. The summed E-state index contributed by atoms with van der Waals surface area (Å²) in [5.74, 6) is 0.951. The summed E-state index contributed by atoms with van der Waals surface area (Å²) < 4.78 is 1.27. The Morgan fingerprint density at radius 3 is 2.47 bits per heavy atom. The van der Waals surface area contributed by atoms with Crippen molar-refractivity contribution in [2.75, 3.05) is 61.3 Å². The number of anilines is 3. The number of hydrogen-bond donors (Lipinski definition) is 3. The molecule has 3 fully saturated rings. The van der Waals surface area contributed by atoms with Crippen LogP contribution in [0.4, 0.5) is 17.3 Å². The fourth-order valence-electron chi connectivity index (χ4n) is 8.44. The van der Waals surface area contributed by atoms with Crippen LogP contribution in [0.1, 0.15) is 41.6 Å². The number of aromatic amines is 1. The van der Waals surface area contributed by atoms with E-state index >= 15 is 0 Å². The number of benzene rings is 2. The van der Waals surface area contributed by atoms with Gasteiger partial charge in [-0.15, -0.1) is 5.10 Å². The number of hydrogen-bond acceptors (Lipinski definition) is 10. The zero-order valence-corrected chi connectivity index (χ0v) is 29.8. The van der Waals surface area contributed by atoms with Crippen molar-refractivity contribution in [1.82, 2.24) is 34.7 Å². The van der Waals surface area contributed by atoms with Gasteiger partial charge in [-0.2, -0.15) is 4.52 Å². The summed E-state index contributed by atoms with van der Waals surface area (Å²) in [7, 11) is 0. The molecule has 0 radical (unpaired) electrons. The van der Waals surface area contributed by atoms with E-state index in [9.17, 15) is 19.2 Å². The van der Waals surface area contributed by atoms with Gasteiger partial charge >= 0.3 is 0 Å². The summed E-state index contributed by atoms with van der Waals surface area (Å²) in [5.41, 5.74) is 11.2. The summed E-state index contributed by atoms with van der Waals surface area (Å²) in [6.07, 6.45) is 4.60. The third-order valence-corrected chi connectivity index (χ3v) is 11.6. The highest BCUT2D eigenvalue weighted by Crippen LogP contribution is 2.34. The zero-order chi connectivity index (χ0) is 36.4. The van der Waals surface area contributed by atoms with Crippen LogP contribution in [0.5, 0.6) is 0 Å². The van der Waals surface area contributed by atoms with E-state index in [0.29, 0.717) is 51.6 Å². The number of aromatic nitrogens is 4. The number of carbonyl (C=O) groups is 3. The normalized spacial score (nSPS) is 20.1. The maximum Gasteiger partial charge on any atom is 0.283 e. The maximum absolute atomic E-state index is 13.2. The third kappa shape index (κ3) is 5.95. The van der Waals surface area contributed by atoms with E-state index in [1.165, 1.54) is 4.52 Å². The van der Waals surface area contributed by atoms with Crippen molar-refractivity contribution in [1.29, 1.82) is 0 Å². The van der Waals surface area contributed by atoms with Crippen LogP contribution in [0.3, 0.4) is 0 Å². The van der Waals surface area contributed by atoms with Gasteiger partial charge in [0.15, 0.2) is 5.82 Å². The average Bonchev–Trinajstić information content (AvgIpc) is 3.67. The van der Waals surface area contributed by atoms with Gasteiger partial charge in [-0.3, -0.25) is 29.4 Å². The van der Waals surface area contributed by atoms with Crippen LogP contribution >= 0.6 is 11.6 Å². The Bertz CT molecular complexity index is 2340. The highest BCUT2D eigenvalue weighted by atomic mass is 35.5. The number of H-pyrrole nitrogens is 1. The Morgan fingerprint density at radius 1 is 0.906 bits per heavy atom. The number of nitrogens with one attached hydrogen (secondary N) is 2. The number of nitrogens with zero attached hydrogens (tertiary/aromatic N) is 7. The largest absolute Gasteiger partial charge is 0.382 e. The highest BCUT2D eigenvalue weighted by molar-refractivity contribution is 6.35. The smallest absolute Gasteiger partial charge is 0.283 e. The van der Waals surface area contributed by atoms with Gasteiger partial charge in [-0.25, -0.2) is 4.98 Å². The number of halogens is 1. The molecule has 0 saturated carbocycles. The minimum absolute atomic E-state index is 0.139. The van der Waals surface area contributed by atoms with Gasteiger partial charge in [0.25, 0.3) is 11.5 Å². The Hall–Kier alpha value is -5.47. The van der Waals surface area contributed by atoms with E-state index < -0.39 is 6.04 Å². The maximum atomic E-state index is 13.2. The molecule has 0 spiro atoms. The summed E-state index contributed by atoms with van der Waals surface area (Å²) in [5, 5.41) is 7.41. The van der Waals surface area contributed by atoms with Gasteiger partial charge in [0, 0.05) is 81.8 Å². The molecule has 9 rings (SSSR count). The predicted octanol–water partition coefficient (Wildman–Crippen LogP) is 3.27. The molecule has 1 atom stereocenters. The molecular formula is C38H39ClN10O4. The van der Waals surface area contributed by atoms with Gasteiger partial charge in [-0.05, 0) is 73.2 Å². The fraction of sp³-hybridized carbons (Fsp3) is 0.368. The number of amides is 3. The number of nitrogens with two attached hydrogens (primary N) is 1. The van der Waals surface area contributed by atoms with Crippen LogP contribution in [0.15, 0.2) is 59.5 Å². The number of imide groups is 1. The topological polar surface area (TPSA) is 165 Å². The van der Waals surface area contributed by atoms with E-state index in [1.807, 2.05) is 30.3 Å². The first-order valence-corrected chi connectivity index (χ1v) is 18.5. The molecule has 272 valence electrons. The second-order valence-corrected chi connectivity index (χ2v) is 14.9. The quantitative estimate of drug-likeness (QED) is 0.221. The van der Waals surface area contributed by atoms with E-state index in [4.69, 9.17) is 22.3 Å². The van der Waals surface area contributed by atoms with Crippen molar-refractivity contribution in [2.24, 2.45) is 5.92 Å². The van der Waals surface area contributed by atoms with E-state index in [-0.39, 0.29) is 35.5 Å². The second kappa shape index (κ2) is 13.2. The minimum Gasteiger partial charge on any atom is -0.382 e. The monoisotopic (exact) mass is 734 g/mol. The molecule has 3 saturated heterocycles. The van der Waals surface area contributed by atoms with E-state index in [1.54, 1.807) is 23.2 Å². The lowest BCUT2D eigenvalue weighted by Gasteiger charge is -2.39. The lowest BCUT2D eigenvalue weighted by atomic mass is 9.95. The molecular weight excluding hydrogens is 696 g/mol. The molecule has 0 aliphatic carbocycles. The molecule has 2 aromatic carbocycles. The van der Waals surface area contributed by atoms with Crippen LogP contribution < -0.4 is 26.4 Å². The zero-order valence-electron chi connectivity index (χ0n) is 29.1. The van der Waals surface area contributed by atoms with Crippen LogP contribution in [0.25, 0.3) is 27.7 Å². The molecule has 53 heavy (non-hydrogen) atoms. The summed E-state index contributed by atoms with van der Waals surface area (Å²) >= 11 is 6.31. The first-order valence-electron chi connectivity index (χ1n) is 18.2. The first kappa shape index (κ1) is 33.4. The van der Waals surface area contributed by atoms with Crippen LogP contribution in [-0.4, -0.2) is 99.0 Å². The van der Waals surface area contributed by atoms with Crippen LogP contribution in [0.2, 0.25) is 5.02 Å². The number of piperidine rings is 2.